The van der Waals surface area contributed by atoms with Gasteiger partial charge in [0, 0.05) is 24.9 Å². The number of aromatic nitrogens is 4. The fourth-order valence-electron chi connectivity index (χ4n) is 3.51. The molecule has 26 heavy (non-hydrogen) atoms. The second kappa shape index (κ2) is 7.29. The zero-order chi connectivity index (χ0) is 17.9. The van der Waals surface area contributed by atoms with Crippen molar-refractivity contribution in [3.05, 3.63) is 53.7 Å². The van der Waals surface area contributed by atoms with E-state index in [9.17, 15) is 4.79 Å². The predicted octanol–water partition coefficient (Wildman–Crippen LogP) is 1.62. The molecule has 2 N–H and O–H groups in total. The van der Waals surface area contributed by atoms with Gasteiger partial charge in [0.15, 0.2) is 0 Å². The van der Waals surface area contributed by atoms with Crippen LogP contribution in [-0.2, 0) is 17.9 Å². The van der Waals surface area contributed by atoms with E-state index in [1.807, 2.05) is 48.1 Å². The van der Waals surface area contributed by atoms with Crippen molar-refractivity contribution in [2.75, 3.05) is 13.1 Å². The Balaban J connectivity index is 1.35. The SMILES string of the molecule is Cc1cccn2c(CNC(=O)Cn3ccc([C@@H]4CCCNC4)n3)cnc12. The molecule has 7 heteroatoms. The van der Waals surface area contributed by atoms with Crippen molar-refractivity contribution in [1.82, 2.24) is 29.8 Å². The zero-order valence-electron chi connectivity index (χ0n) is 15.0. The number of carbonyl (C=O) groups is 1. The number of nitrogens with zero attached hydrogens (tertiary/aromatic N) is 4. The number of aryl methyl sites for hydroxylation is 1. The highest BCUT2D eigenvalue weighted by atomic mass is 16.2. The van der Waals surface area contributed by atoms with Crippen LogP contribution in [0, 0.1) is 6.92 Å². The number of carbonyl (C=O) groups excluding carboxylic acids is 1. The summed E-state index contributed by atoms with van der Waals surface area (Å²) >= 11 is 0. The first-order chi connectivity index (χ1) is 12.7. The smallest absolute Gasteiger partial charge is 0.242 e. The number of rotatable bonds is 5. The van der Waals surface area contributed by atoms with Gasteiger partial charge in [-0.2, -0.15) is 5.10 Å². The van der Waals surface area contributed by atoms with Crippen molar-refractivity contribution in [3.63, 3.8) is 0 Å². The second-order valence-electron chi connectivity index (χ2n) is 6.89. The first kappa shape index (κ1) is 16.8. The van der Waals surface area contributed by atoms with Gasteiger partial charge in [0.05, 0.1) is 24.1 Å². The van der Waals surface area contributed by atoms with Crippen LogP contribution < -0.4 is 10.6 Å². The topological polar surface area (TPSA) is 76.2 Å². The monoisotopic (exact) mass is 352 g/mol. The molecule has 136 valence electrons. The summed E-state index contributed by atoms with van der Waals surface area (Å²) < 4.78 is 3.73. The van der Waals surface area contributed by atoms with Crippen molar-refractivity contribution < 1.29 is 4.79 Å². The van der Waals surface area contributed by atoms with Crippen LogP contribution in [0.4, 0.5) is 0 Å². The van der Waals surface area contributed by atoms with Gasteiger partial charge >= 0.3 is 0 Å². The van der Waals surface area contributed by atoms with Gasteiger partial charge in [-0.3, -0.25) is 9.48 Å². The molecule has 0 unspecified atom stereocenters. The Labute approximate surface area is 152 Å². The number of pyridine rings is 1. The van der Waals surface area contributed by atoms with E-state index in [-0.39, 0.29) is 12.5 Å². The van der Waals surface area contributed by atoms with Crippen molar-refractivity contribution in [1.29, 1.82) is 0 Å². The Kier molecular flexibility index (Phi) is 4.71. The maximum absolute atomic E-state index is 12.3. The van der Waals surface area contributed by atoms with E-state index in [0.29, 0.717) is 12.5 Å². The van der Waals surface area contributed by atoms with Gasteiger partial charge < -0.3 is 15.0 Å². The Morgan fingerprint density at radius 2 is 2.31 bits per heavy atom. The maximum atomic E-state index is 12.3. The number of nitrogens with one attached hydrogen (secondary N) is 2. The highest BCUT2D eigenvalue weighted by Gasteiger charge is 2.18. The summed E-state index contributed by atoms with van der Waals surface area (Å²) in [4.78, 5) is 16.7. The molecule has 1 fully saturated rings. The number of fused-ring (bicyclic) bond motifs is 1. The Bertz CT molecular complexity index is 906. The fraction of sp³-hybridized carbons (Fsp3) is 0.421. The zero-order valence-corrected chi connectivity index (χ0v) is 15.0. The van der Waals surface area contributed by atoms with Crippen LogP contribution in [0.2, 0.25) is 0 Å². The van der Waals surface area contributed by atoms with Crippen LogP contribution in [0.5, 0.6) is 0 Å². The van der Waals surface area contributed by atoms with E-state index in [2.05, 4.69) is 20.7 Å². The lowest BCUT2D eigenvalue weighted by Crippen LogP contribution is -2.29. The van der Waals surface area contributed by atoms with Crippen LogP contribution in [-0.4, -0.2) is 38.2 Å². The molecule has 0 spiro atoms. The molecule has 0 saturated carbocycles. The molecule has 0 aromatic carbocycles. The van der Waals surface area contributed by atoms with E-state index in [0.717, 1.165) is 42.1 Å². The van der Waals surface area contributed by atoms with Crippen LogP contribution >= 0.6 is 0 Å². The lowest BCUT2D eigenvalue weighted by atomic mass is 9.97. The molecular formula is C19H24N6O. The Hall–Kier alpha value is -2.67. The summed E-state index contributed by atoms with van der Waals surface area (Å²) in [7, 11) is 0. The summed E-state index contributed by atoms with van der Waals surface area (Å²) in [6.45, 7) is 4.77. The molecule has 3 aromatic heterocycles. The van der Waals surface area contributed by atoms with Gasteiger partial charge in [-0.25, -0.2) is 4.98 Å². The largest absolute Gasteiger partial charge is 0.349 e. The third-order valence-corrected chi connectivity index (χ3v) is 4.96. The van der Waals surface area contributed by atoms with Gasteiger partial charge in [0.1, 0.15) is 12.2 Å². The highest BCUT2D eigenvalue weighted by Crippen LogP contribution is 2.21. The fourth-order valence-corrected chi connectivity index (χ4v) is 3.51. The van der Waals surface area contributed by atoms with Crippen LogP contribution in [0.25, 0.3) is 5.65 Å². The number of hydrogen-bond acceptors (Lipinski definition) is 4. The maximum Gasteiger partial charge on any atom is 0.242 e. The number of piperidine rings is 1. The minimum atomic E-state index is -0.0518. The normalized spacial score (nSPS) is 17.5. The summed E-state index contributed by atoms with van der Waals surface area (Å²) in [6.07, 6.45) is 8.00. The van der Waals surface area contributed by atoms with E-state index in [1.54, 1.807) is 4.68 Å². The molecule has 1 aliphatic rings. The van der Waals surface area contributed by atoms with Crippen molar-refractivity contribution >= 4 is 11.6 Å². The van der Waals surface area contributed by atoms with Gasteiger partial charge in [-0.05, 0) is 44.0 Å². The second-order valence-corrected chi connectivity index (χ2v) is 6.89. The average molecular weight is 352 g/mol. The lowest BCUT2D eigenvalue weighted by Gasteiger charge is -2.20. The molecular weight excluding hydrogens is 328 g/mol. The Morgan fingerprint density at radius 3 is 3.15 bits per heavy atom. The average Bonchev–Trinajstić information content (AvgIpc) is 3.29. The van der Waals surface area contributed by atoms with E-state index >= 15 is 0 Å². The predicted molar refractivity (Wildman–Crippen MR) is 98.8 cm³/mol. The molecule has 0 radical (unpaired) electrons. The molecule has 4 rings (SSSR count). The summed E-state index contributed by atoms with van der Waals surface area (Å²) in [5, 5.41) is 10.9. The minimum Gasteiger partial charge on any atom is -0.349 e. The van der Waals surface area contributed by atoms with Gasteiger partial charge in [-0.1, -0.05) is 6.07 Å². The van der Waals surface area contributed by atoms with Gasteiger partial charge in [-0.15, -0.1) is 0 Å². The number of amides is 1. The highest BCUT2D eigenvalue weighted by molar-refractivity contribution is 5.75. The minimum absolute atomic E-state index is 0.0518. The van der Waals surface area contributed by atoms with E-state index in [1.165, 1.54) is 6.42 Å². The van der Waals surface area contributed by atoms with Gasteiger partial charge in [0.2, 0.25) is 5.91 Å². The van der Waals surface area contributed by atoms with E-state index in [4.69, 9.17) is 0 Å². The van der Waals surface area contributed by atoms with Crippen LogP contribution in [0.15, 0.2) is 36.8 Å². The quantitative estimate of drug-likeness (QED) is 0.732. The van der Waals surface area contributed by atoms with E-state index < -0.39 is 0 Å². The molecule has 1 saturated heterocycles. The Morgan fingerprint density at radius 1 is 1.38 bits per heavy atom. The standard InChI is InChI=1S/C19H24N6O/c1-14-4-3-8-25-16(12-22-19(14)25)11-21-18(26)13-24-9-6-17(23-24)15-5-2-7-20-10-15/h3-4,6,8-9,12,15,20H,2,5,7,10-11,13H2,1H3,(H,21,26)/t15-/m1/s1. The summed E-state index contributed by atoms with van der Waals surface area (Å²) in [5.74, 6) is 0.401. The van der Waals surface area contributed by atoms with Gasteiger partial charge in [0.25, 0.3) is 0 Å². The van der Waals surface area contributed by atoms with Crippen molar-refractivity contribution in [2.45, 2.75) is 38.8 Å². The molecule has 0 bridgehead atoms. The third-order valence-electron chi connectivity index (χ3n) is 4.96. The number of hydrogen-bond donors (Lipinski definition) is 2. The molecule has 3 aromatic rings. The number of imidazole rings is 1. The van der Waals surface area contributed by atoms with Crippen molar-refractivity contribution in [2.24, 2.45) is 0 Å². The lowest BCUT2D eigenvalue weighted by molar-refractivity contribution is -0.122. The molecule has 4 heterocycles. The molecule has 1 atom stereocenters. The molecule has 7 nitrogen and oxygen atoms in total. The first-order valence-electron chi connectivity index (χ1n) is 9.13. The van der Waals surface area contributed by atoms with Crippen molar-refractivity contribution in [3.8, 4) is 0 Å². The van der Waals surface area contributed by atoms with Crippen LogP contribution in [0.3, 0.4) is 0 Å². The third kappa shape index (κ3) is 3.48. The molecule has 0 aliphatic carbocycles. The van der Waals surface area contributed by atoms with Crippen LogP contribution in [0.1, 0.15) is 35.7 Å². The molecule has 1 amide bonds. The summed E-state index contributed by atoms with van der Waals surface area (Å²) in [6, 6.07) is 6.04. The first-order valence-corrected chi connectivity index (χ1v) is 9.13. The summed E-state index contributed by atoms with van der Waals surface area (Å²) in [5.41, 5.74) is 4.08. The molecule has 1 aliphatic heterocycles.